The van der Waals surface area contributed by atoms with Crippen molar-refractivity contribution in [3.63, 3.8) is 0 Å². The molecule has 1 N–H and O–H groups in total. The van der Waals surface area contributed by atoms with Gasteiger partial charge in [-0.25, -0.2) is 0 Å². The van der Waals surface area contributed by atoms with Crippen LogP contribution in [0, 0.1) is 11.3 Å². The average Bonchev–Trinajstić information content (AvgIpc) is 2.40. The molecule has 0 heterocycles. The molecule has 1 rings (SSSR count). The summed E-state index contributed by atoms with van der Waals surface area (Å²) < 4.78 is 5.50. The monoisotopic (exact) mass is 246 g/mol. The first kappa shape index (κ1) is 14.0. The van der Waals surface area contributed by atoms with Crippen molar-refractivity contribution in [1.29, 1.82) is 5.26 Å². The number of amides is 1. The maximum atomic E-state index is 11.6. The van der Waals surface area contributed by atoms with Crippen molar-refractivity contribution in [2.24, 2.45) is 0 Å². The number of carbonyl (C=O) groups excluding carboxylic acids is 1. The highest BCUT2D eigenvalue weighted by Gasteiger charge is 2.04. The van der Waals surface area contributed by atoms with Crippen molar-refractivity contribution in [3.05, 3.63) is 29.8 Å². The molecular weight excluding hydrogens is 228 g/mol. The molecular formula is C14H18N2O2. The minimum Gasteiger partial charge on any atom is -0.494 e. The van der Waals surface area contributed by atoms with E-state index in [0.29, 0.717) is 25.1 Å². The number of nitrogens with zero attached hydrogens (tertiary/aromatic N) is 1. The summed E-state index contributed by atoms with van der Waals surface area (Å²) in [6.45, 7) is 3.19. The number of unbranched alkanes of at least 4 members (excludes halogenated alkanes) is 1. The van der Waals surface area contributed by atoms with Crippen molar-refractivity contribution >= 4 is 5.91 Å². The highest BCUT2D eigenvalue weighted by atomic mass is 16.5. The summed E-state index contributed by atoms with van der Waals surface area (Å²) in [5.41, 5.74) is 0.579. The minimum absolute atomic E-state index is 0.162. The molecule has 1 aromatic rings. The van der Waals surface area contributed by atoms with E-state index < -0.39 is 0 Å². The van der Waals surface area contributed by atoms with Crippen LogP contribution in [0.2, 0.25) is 0 Å². The SMILES string of the molecule is CCCCOc1ccc(C(=O)NCCC#N)cc1. The molecule has 0 unspecified atom stereocenters. The van der Waals surface area contributed by atoms with E-state index >= 15 is 0 Å². The summed E-state index contributed by atoms with van der Waals surface area (Å²) in [7, 11) is 0. The first-order valence-electron chi connectivity index (χ1n) is 6.16. The molecule has 0 radical (unpaired) electrons. The molecule has 18 heavy (non-hydrogen) atoms. The van der Waals surface area contributed by atoms with Crippen LogP contribution in [0.15, 0.2) is 24.3 Å². The Morgan fingerprint density at radius 1 is 1.39 bits per heavy atom. The number of ether oxygens (including phenoxy) is 1. The van der Waals surface area contributed by atoms with Gasteiger partial charge in [0.1, 0.15) is 5.75 Å². The second-order valence-electron chi connectivity index (χ2n) is 3.89. The maximum Gasteiger partial charge on any atom is 0.251 e. The second kappa shape index (κ2) is 8.13. The van der Waals surface area contributed by atoms with Gasteiger partial charge in [-0.2, -0.15) is 5.26 Å². The van der Waals surface area contributed by atoms with E-state index in [2.05, 4.69) is 12.2 Å². The standard InChI is InChI=1S/C14H18N2O2/c1-2-3-11-18-13-7-5-12(6-8-13)14(17)16-10-4-9-15/h5-8H,2-4,10-11H2,1H3,(H,16,17). The Bertz CT molecular complexity index is 407. The van der Waals surface area contributed by atoms with Crippen LogP contribution < -0.4 is 10.1 Å². The molecule has 0 aliphatic heterocycles. The summed E-state index contributed by atoms with van der Waals surface area (Å²) in [4.78, 5) is 11.6. The lowest BCUT2D eigenvalue weighted by atomic mass is 10.2. The van der Waals surface area contributed by atoms with E-state index in [-0.39, 0.29) is 5.91 Å². The summed E-state index contributed by atoms with van der Waals surface area (Å²) >= 11 is 0. The van der Waals surface area contributed by atoms with Crippen molar-refractivity contribution in [1.82, 2.24) is 5.32 Å². The highest BCUT2D eigenvalue weighted by Crippen LogP contribution is 2.12. The fourth-order valence-electron chi connectivity index (χ4n) is 1.37. The zero-order valence-electron chi connectivity index (χ0n) is 10.6. The molecule has 0 fully saturated rings. The predicted octanol–water partition coefficient (Wildman–Crippen LogP) is 2.51. The molecule has 0 atom stereocenters. The number of carbonyl (C=O) groups is 1. The van der Waals surface area contributed by atoms with Crippen molar-refractivity contribution < 1.29 is 9.53 Å². The number of rotatable bonds is 7. The molecule has 4 nitrogen and oxygen atoms in total. The molecule has 0 spiro atoms. The molecule has 1 aromatic carbocycles. The summed E-state index contributed by atoms with van der Waals surface area (Å²) in [5, 5.41) is 11.0. The van der Waals surface area contributed by atoms with Crippen molar-refractivity contribution in [2.45, 2.75) is 26.2 Å². The number of nitrogens with one attached hydrogen (secondary N) is 1. The van der Waals surface area contributed by atoms with Gasteiger partial charge in [-0.3, -0.25) is 4.79 Å². The van der Waals surface area contributed by atoms with Crippen LogP contribution in [0.25, 0.3) is 0 Å². The normalized spacial score (nSPS) is 9.56. The third kappa shape index (κ3) is 4.88. The molecule has 0 aliphatic carbocycles. The van der Waals surface area contributed by atoms with Crippen LogP contribution in [0.4, 0.5) is 0 Å². The zero-order chi connectivity index (χ0) is 13.2. The zero-order valence-corrected chi connectivity index (χ0v) is 10.6. The van der Waals surface area contributed by atoms with E-state index in [1.165, 1.54) is 0 Å². The van der Waals surface area contributed by atoms with Gasteiger partial charge < -0.3 is 10.1 Å². The predicted molar refractivity (Wildman–Crippen MR) is 69.4 cm³/mol. The van der Waals surface area contributed by atoms with Crippen LogP contribution in [0.1, 0.15) is 36.5 Å². The molecule has 0 aromatic heterocycles. The van der Waals surface area contributed by atoms with E-state index in [4.69, 9.17) is 10.00 Å². The summed E-state index contributed by atoms with van der Waals surface area (Å²) in [6, 6.07) is 9.00. The van der Waals surface area contributed by atoms with Gasteiger partial charge in [0.15, 0.2) is 0 Å². The lowest BCUT2D eigenvalue weighted by Crippen LogP contribution is -2.24. The van der Waals surface area contributed by atoms with Crippen LogP contribution in [-0.4, -0.2) is 19.1 Å². The fraction of sp³-hybridized carbons (Fsp3) is 0.429. The van der Waals surface area contributed by atoms with Gasteiger partial charge in [-0.15, -0.1) is 0 Å². The van der Waals surface area contributed by atoms with Gasteiger partial charge in [-0.1, -0.05) is 13.3 Å². The molecule has 0 bridgehead atoms. The Morgan fingerprint density at radius 3 is 2.72 bits per heavy atom. The van der Waals surface area contributed by atoms with Gasteiger partial charge in [0.25, 0.3) is 5.91 Å². The first-order valence-corrected chi connectivity index (χ1v) is 6.16. The molecule has 4 heteroatoms. The van der Waals surface area contributed by atoms with Gasteiger partial charge in [0.05, 0.1) is 19.1 Å². The topological polar surface area (TPSA) is 62.1 Å². The third-order valence-electron chi connectivity index (χ3n) is 2.41. The largest absolute Gasteiger partial charge is 0.494 e. The molecule has 96 valence electrons. The van der Waals surface area contributed by atoms with Crippen LogP contribution in [-0.2, 0) is 0 Å². The quantitative estimate of drug-likeness (QED) is 0.752. The lowest BCUT2D eigenvalue weighted by Gasteiger charge is -2.06. The van der Waals surface area contributed by atoms with Crippen LogP contribution in [0.3, 0.4) is 0 Å². The number of hydrogen-bond acceptors (Lipinski definition) is 3. The maximum absolute atomic E-state index is 11.6. The van der Waals surface area contributed by atoms with Crippen molar-refractivity contribution in [3.8, 4) is 11.8 Å². The van der Waals surface area contributed by atoms with E-state index in [9.17, 15) is 4.79 Å². The molecule has 1 amide bonds. The lowest BCUT2D eigenvalue weighted by molar-refractivity contribution is 0.0954. The fourth-order valence-corrected chi connectivity index (χ4v) is 1.37. The van der Waals surface area contributed by atoms with Gasteiger partial charge in [0, 0.05) is 12.1 Å². The Morgan fingerprint density at radius 2 is 2.11 bits per heavy atom. The number of hydrogen-bond donors (Lipinski definition) is 1. The Balaban J connectivity index is 2.44. The minimum atomic E-state index is -0.162. The second-order valence-corrected chi connectivity index (χ2v) is 3.89. The van der Waals surface area contributed by atoms with Crippen molar-refractivity contribution in [2.75, 3.05) is 13.2 Å². The first-order chi connectivity index (χ1) is 8.77. The molecule has 0 saturated carbocycles. The summed E-state index contributed by atoms with van der Waals surface area (Å²) in [6.07, 6.45) is 2.44. The van der Waals surface area contributed by atoms with E-state index in [0.717, 1.165) is 18.6 Å². The number of nitriles is 1. The summed E-state index contributed by atoms with van der Waals surface area (Å²) in [5.74, 6) is 0.613. The Hall–Kier alpha value is -2.02. The van der Waals surface area contributed by atoms with E-state index in [1.807, 2.05) is 6.07 Å². The molecule has 0 aliphatic rings. The highest BCUT2D eigenvalue weighted by molar-refractivity contribution is 5.94. The smallest absolute Gasteiger partial charge is 0.251 e. The Labute approximate surface area is 108 Å². The third-order valence-corrected chi connectivity index (χ3v) is 2.41. The van der Waals surface area contributed by atoms with E-state index in [1.54, 1.807) is 24.3 Å². The average molecular weight is 246 g/mol. The number of benzene rings is 1. The molecule has 0 saturated heterocycles. The van der Waals surface area contributed by atoms with Gasteiger partial charge in [0.2, 0.25) is 0 Å². The van der Waals surface area contributed by atoms with Crippen LogP contribution in [0.5, 0.6) is 5.75 Å². The van der Waals surface area contributed by atoms with Crippen LogP contribution >= 0.6 is 0 Å². The van der Waals surface area contributed by atoms with Gasteiger partial charge >= 0.3 is 0 Å². The van der Waals surface area contributed by atoms with Gasteiger partial charge in [-0.05, 0) is 30.7 Å². The Kier molecular flexibility index (Phi) is 6.34.